The van der Waals surface area contributed by atoms with E-state index in [-0.39, 0.29) is 19.1 Å². The predicted octanol–water partition coefficient (Wildman–Crippen LogP) is 4.34. The number of hydrogen-bond acceptors (Lipinski definition) is 4. The average molecular weight is 365 g/mol. The molecule has 25 heavy (non-hydrogen) atoms. The Bertz CT molecular complexity index is 670. The summed E-state index contributed by atoms with van der Waals surface area (Å²) in [5, 5.41) is 0. The summed E-state index contributed by atoms with van der Waals surface area (Å²) in [6.45, 7) is 14.0. The van der Waals surface area contributed by atoms with E-state index in [1.807, 2.05) is 51.1 Å². The minimum absolute atomic E-state index is 0.209. The molecule has 0 N–H and O–H groups in total. The summed E-state index contributed by atoms with van der Waals surface area (Å²) in [4.78, 5) is 14.6. The number of hydrogen-bond donors (Lipinski definition) is 0. The second-order valence-corrected chi connectivity index (χ2v) is 9.19. The number of carbonyl (C=O) groups excluding carboxylic acids is 1. The van der Waals surface area contributed by atoms with Crippen LogP contribution in [0.15, 0.2) is 36.9 Å². The molecular weight excluding hydrogens is 337 g/mol. The standard InChI is InChI=1S/C19H28NO4P/c1-7-23-25(22,24-8-2)17-16(20(18(17)21)19(4,5)6)14(3)15-12-10-9-11-13-15/h9-13,16-17H,3,7-8H2,1-2,4-6H3/t16-,17-/m1/s1. The Kier molecular flexibility index (Phi) is 5.93. The number of β-lactam (4-membered cyclic amide) rings is 1. The highest BCUT2D eigenvalue weighted by atomic mass is 31.2. The molecule has 0 spiro atoms. The first-order valence-electron chi connectivity index (χ1n) is 8.63. The minimum atomic E-state index is -3.57. The average Bonchev–Trinajstić information content (AvgIpc) is 2.51. The molecule has 5 nitrogen and oxygen atoms in total. The van der Waals surface area contributed by atoms with E-state index < -0.39 is 24.8 Å². The van der Waals surface area contributed by atoms with Gasteiger partial charge in [-0.2, -0.15) is 0 Å². The van der Waals surface area contributed by atoms with E-state index >= 15 is 0 Å². The summed E-state index contributed by atoms with van der Waals surface area (Å²) in [6, 6.07) is 9.22. The van der Waals surface area contributed by atoms with Gasteiger partial charge in [0, 0.05) is 5.54 Å². The molecule has 2 atom stereocenters. The van der Waals surface area contributed by atoms with Gasteiger partial charge in [0.25, 0.3) is 0 Å². The van der Waals surface area contributed by atoms with E-state index in [0.717, 1.165) is 11.1 Å². The van der Waals surface area contributed by atoms with Crippen molar-refractivity contribution in [1.82, 2.24) is 4.90 Å². The summed E-state index contributed by atoms with van der Waals surface area (Å²) in [5.74, 6) is -0.209. The van der Waals surface area contributed by atoms with Crippen LogP contribution in [0.2, 0.25) is 0 Å². The van der Waals surface area contributed by atoms with E-state index in [4.69, 9.17) is 9.05 Å². The molecule has 1 aromatic rings. The molecule has 0 unspecified atom stereocenters. The van der Waals surface area contributed by atoms with Crippen LogP contribution in [0.5, 0.6) is 0 Å². The Hall–Kier alpha value is -1.42. The fourth-order valence-electron chi connectivity index (χ4n) is 3.26. The second-order valence-electron chi connectivity index (χ2n) is 7.04. The van der Waals surface area contributed by atoms with Gasteiger partial charge in [-0.25, -0.2) is 0 Å². The normalized spacial score (nSPS) is 21.2. The van der Waals surface area contributed by atoms with Gasteiger partial charge < -0.3 is 13.9 Å². The van der Waals surface area contributed by atoms with Gasteiger partial charge in [-0.3, -0.25) is 9.36 Å². The van der Waals surface area contributed by atoms with Crippen LogP contribution in [0.3, 0.4) is 0 Å². The van der Waals surface area contributed by atoms with Crippen molar-refractivity contribution >= 4 is 19.1 Å². The van der Waals surface area contributed by atoms with E-state index in [2.05, 4.69) is 6.58 Å². The summed E-state index contributed by atoms with van der Waals surface area (Å²) >= 11 is 0. The van der Waals surface area contributed by atoms with Crippen LogP contribution < -0.4 is 0 Å². The summed E-state index contributed by atoms with van der Waals surface area (Å²) in [7, 11) is -3.57. The lowest BCUT2D eigenvalue weighted by atomic mass is 9.85. The molecule has 1 saturated heterocycles. The molecule has 1 aliphatic heterocycles. The Morgan fingerprint density at radius 1 is 1.16 bits per heavy atom. The highest BCUT2D eigenvalue weighted by Crippen LogP contribution is 2.61. The maximum Gasteiger partial charge on any atom is 0.345 e. The van der Waals surface area contributed by atoms with Gasteiger partial charge >= 0.3 is 7.60 Å². The van der Waals surface area contributed by atoms with Crippen molar-refractivity contribution in [2.24, 2.45) is 0 Å². The van der Waals surface area contributed by atoms with Crippen molar-refractivity contribution < 1.29 is 18.4 Å². The molecule has 1 fully saturated rings. The molecule has 1 heterocycles. The van der Waals surface area contributed by atoms with E-state index in [9.17, 15) is 9.36 Å². The number of amides is 1. The zero-order valence-corrected chi connectivity index (χ0v) is 16.6. The van der Waals surface area contributed by atoms with E-state index in [1.165, 1.54) is 0 Å². The first-order chi connectivity index (χ1) is 11.7. The molecule has 6 heteroatoms. The molecule has 0 radical (unpaired) electrons. The van der Waals surface area contributed by atoms with Gasteiger partial charge in [0.2, 0.25) is 5.91 Å². The van der Waals surface area contributed by atoms with Crippen LogP contribution >= 0.6 is 7.60 Å². The number of rotatable bonds is 7. The van der Waals surface area contributed by atoms with Gasteiger partial charge in [-0.05, 0) is 45.8 Å². The SMILES string of the molecule is C=C(c1ccccc1)[C@@H]1[C@@H](P(=O)(OCC)OCC)C(=O)N1C(C)(C)C. The summed E-state index contributed by atoms with van der Waals surface area (Å²) in [5.41, 5.74) is 0.400. The lowest BCUT2D eigenvalue weighted by Gasteiger charge is -2.55. The van der Waals surface area contributed by atoms with Crippen LogP contribution in [0.4, 0.5) is 0 Å². The van der Waals surface area contributed by atoms with Crippen LogP contribution in [-0.4, -0.2) is 41.3 Å². The topological polar surface area (TPSA) is 55.8 Å². The fourth-order valence-corrected chi connectivity index (χ4v) is 5.43. The first-order valence-corrected chi connectivity index (χ1v) is 10.2. The maximum absolute atomic E-state index is 13.3. The van der Waals surface area contributed by atoms with Crippen LogP contribution in [0, 0.1) is 0 Å². The molecule has 2 rings (SSSR count). The van der Waals surface area contributed by atoms with Crippen LogP contribution in [0.1, 0.15) is 40.2 Å². The van der Waals surface area contributed by atoms with Crippen LogP contribution in [-0.2, 0) is 18.4 Å². The Morgan fingerprint density at radius 2 is 1.68 bits per heavy atom. The third-order valence-corrected chi connectivity index (χ3v) is 6.67. The lowest BCUT2D eigenvalue weighted by Crippen LogP contribution is -2.70. The monoisotopic (exact) mass is 365 g/mol. The van der Waals surface area contributed by atoms with Crippen molar-refractivity contribution in [2.75, 3.05) is 13.2 Å². The highest BCUT2D eigenvalue weighted by Gasteiger charge is 2.62. The largest absolute Gasteiger partial charge is 0.345 e. The molecule has 0 saturated carbocycles. The molecule has 1 amide bonds. The number of carbonyl (C=O) groups is 1. The third kappa shape index (κ3) is 3.74. The van der Waals surface area contributed by atoms with Gasteiger partial charge in [0.15, 0.2) is 5.66 Å². The minimum Gasteiger partial charge on any atom is -0.328 e. The summed E-state index contributed by atoms with van der Waals surface area (Å²) < 4.78 is 24.2. The van der Waals surface area contributed by atoms with Gasteiger partial charge in [-0.15, -0.1) is 0 Å². The molecule has 1 aliphatic rings. The Morgan fingerprint density at radius 3 is 2.12 bits per heavy atom. The summed E-state index contributed by atoms with van der Waals surface area (Å²) in [6.07, 6.45) is 0. The first kappa shape index (κ1) is 19.9. The number of benzene rings is 1. The maximum atomic E-state index is 13.3. The van der Waals surface area contributed by atoms with E-state index in [1.54, 1.807) is 18.7 Å². The third-order valence-electron chi connectivity index (χ3n) is 4.25. The van der Waals surface area contributed by atoms with Crippen molar-refractivity contribution in [1.29, 1.82) is 0 Å². The highest BCUT2D eigenvalue weighted by molar-refractivity contribution is 7.56. The predicted molar refractivity (Wildman–Crippen MR) is 101 cm³/mol. The smallest absolute Gasteiger partial charge is 0.328 e. The molecule has 0 aromatic heterocycles. The second kappa shape index (κ2) is 7.45. The Labute approximate surface area is 150 Å². The zero-order valence-electron chi connectivity index (χ0n) is 15.7. The van der Waals surface area contributed by atoms with Gasteiger partial charge in [0.05, 0.1) is 19.3 Å². The molecular formula is C19H28NO4P. The van der Waals surface area contributed by atoms with Crippen molar-refractivity contribution in [3.8, 4) is 0 Å². The number of nitrogens with zero attached hydrogens (tertiary/aromatic N) is 1. The van der Waals surface area contributed by atoms with Gasteiger partial charge in [0.1, 0.15) is 0 Å². The van der Waals surface area contributed by atoms with Gasteiger partial charge in [-0.1, -0.05) is 36.9 Å². The number of likely N-dealkylation sites (tertiary alicyclic amines) is 1. The zero-order chi connectivity index (χ0) is 18.8. The lowest BCUT2D eigenvalue weighted by molar-refractivity contribution is -0.150. The van der Waals surface area contributed by atoms with E-state index in [0.29, 0.717) is 0 Å². The van der Waals surface area contributed by atoms with Crippen LogP contribution in [0.25, 0.3) is 5.57 Å². The molecule has 0 aliphatic carbocycles. The quantitative estimate of drug-likeness (QED) is 0.533. The van der Waals surface area contributed by atoms with Crippen molar-refractivity contribution in [3.63, 3.8) is 0 Å². The Balaban J connectivity index is 2.46. The molecule has 138 valence electrons. The molecule has 1 aromatic carbocycles. The fraction of sp³-hybridized carbons (Fsp3) is 0.526. The molecule has 0 bridgehead atoms. The van der Waals surface area contributed by atoms with Crippen molar-refractivity contribution in [2.45, 2.75) is 51.9 Å². The van der Waals surface area contributed by atoms with Crippen molar-refractivity contribution in [3.05, 3.63) is 42.5 Å².